The van der Waals surface area contributed by atoms with Gasteiger partial charge in [0.25, 0.3) is 0 Å². The fourth-order valence-electron chi connectivity index (χ4n) is 0.955. The van der Waals surface area contributed by atoms with E-state index in [0.29, 0.717) is 0 Å². The summed E-state index contributed by atoms with van der Waals surface area (Å²) in [6, 6.07) is 7.80. The number of aliphatic hydroxyl groups excluding tert-OH is 1. The summed E-state index contributed by atoms with van der Waals surface area (Å²) in [6.45, 7) is 1.79. The van der Waals surface area contributed by atoms with Crippen molar-refractivity contribution in [1.29, 1.82) is 0 Å². The fourth-order valence-corrected chi connectivity index (χ4v) is 2.17. The molecule has 0 amide bonds. The maximum Gasteiger partial charge on any atom is 0.0602 e. The van der Waals surface area contributed by atoms with Crippen LogP contribution in [0.2, 0.25) is 5.02 Å². The Morgan fingerprint density at radius 1 is 1.46 bits per heavy atom. The third kappa shape index (κ3) is 4.03. The van der Waals surface area contributed by atoms with Gasteiger partial charge in [0, 0.05) is 16.5 Å². The smallest absolute Gasteiger partial charge is 0.0602 e. The van der Waals surface area contributed by atoms with Crippen molar-refractivity contribution in [3.63, 3.8) is 0 Å². The lowest BCUT2D eigenvalue weighted by Crippen LogP contribution is -2.02. The molecule has 1 atom stereocenters. The third-order valence-electron chi connectivity index (χ3n) is 1.57. The van der Waals surface area contributed by atoms with Crippen LogP contribution in [0.1, 0.15) is 12.5 Å². The maximum atomic E-state index is 9.05. The van der Waals surface area contributed by atoms with Crippen molar-refractivity contribution in [2.45, 2.75) is 18.8 Å². The molecule has 1 rings (SSSR count). The molecule has 0 bridgehead atoms. The van der Waals surface area contributed by atoms with E-state index in [9.17, 15) is 0 Å². The molecule has 0 fully saturated rings. The van der Waals surface area contributed by atoms with Crippen LogP contribution in [0.5, 0.6) is 0 Å². The largest absolute Gasteiger partial charge is 0.393 e. The number of rotatable bonds is 4. The molecule has 0 saturated heterocycles. The standard InChI is InChI=1S/C10H13ClOS/c1-8(12)6-13-7-9-4-2-3-5-10(9)11/h2-5,8,12H,6-7H2,1H3/t8-/m1/s1. The Balaban J connectivity index is 2.41. The van der Waals surface area contributed by atoms with Gasteiger partial charge in [-0.2, -0.15) is 11.8 Å². The van der Waals surface area contributed by atoms with Gasteiger partial charge in [-0.15, -0.1) is 0 Å². The van der Waals surface area contributed by atoms with Gasteiger partial charge < -0.3 is 5.11 Å². The van der Waals surface area contributed by atoms with Crippen molar-refractivity contribution in [1.82, 2.24) is 0 Å². The first kappa shape index (κ1) is 10.9. The summed E-state index contributed by atoms with van der Waals surface area (Å²) in [6.07, 6.45) is -0.243. The number of halogens is 1. The Kier molecular flexibility index (Phi) is 4.64. The predicted octanol–water partition coefficient (Wildman–Crippen LogP) is 2.95. The van der Waals surface area contributed by atoms with Crippen LogP contribution in [0.3, 0.4) is 0 Å². The first-order valence-corrected chi connectivity index (χ1v) is 5.72. The van der Waals surface area contributed by atoms with E-state index in [-0.39, 0.29) is 6.10 Å². The third-order valence-corrected chi connectivity index (χ3v) is 3.18. The van der Waals surface area contributed by atoms with Crippen molar-refractivity contribution in [3.05, 3.63) is 34.9 Å². The van der Waals surface area contributed by atoms with Crippen LogP contribution in [0, 0.1) is 0 Å². The van der Waals surface area contributed by atoms with E-state index in [1.807, 2.05) is 24.3 Å². The lowest BCUT2D eigenvalue weighted by Gasteiger charge is -2.05. The Bertz CT molecular complexity index is 263. The van der Waals surface area contributed by atoms with Crippen molar-refractivity contribution >= 4 is 23.4 Å². The van der Waals surface area contributed by atoms with Crippen LogP contribution in [-0.4, -0.2) is 17.0 Å². The average molecular weight is 217 g/mol. The molecule has 0 aliphatic carbocycles. The summed E-state index contributed by atoms with van der Waals surface area (Å²) in [5.41, 5.74) is 1.13. The molecule has 1 aromatic carbocycles. The molecule has 0 aliphatic rings. The summed E-state index contributed by atoms with van der Waals surface area (Å²) in [4.78, 5) is 0. The molecule has 1 aromatic rings. The number of hydrogen-bond donors (Lipinski definition) is 1. The summed E-state index contributed by atoms with van der Waals surface area (Å²) in [5, 5.41) is 9.85. The zero-order valence-corrected chi connectivity index (χ0v) is 9.11. The Morgan fingerprint density at radius 2 is 2.15 bits per heavy atom. The quantitative estimate of drug-likeness (QED) is 0.835. The SMILES string of the molecule is C[C@@H](O)CSCc1ccccc1Cl. The van der Waals surface area contributed by atoms with Gasteiger partial charge in [0.2, 0.25) is 0 Å². The molecular formula is C10H13ClOS. The normalized spacial score (nSPS) is 12.8. The van der Waals surface area contributed by atoms with Crippen molar-refractivity contribution in [2.24, 2.45) is 0 Å². The molecule has 0 aromatic heterocycles. The van der Waals surface area contributed by atoms with E-state index in [1.165, 1.54) is 0 Å². The summed E-state index contributed by atoms with van der Waals surface area (Å²) >= 11 is 7.66. The van der Waals surface area contributed by atoms with Gasteiger partial charge >= 0.3 is 0 Å². The topological polar surface area (TPSA) is 20.2 Å². The van der Waals surface area contributed by atoms with E-state index in [2.05, 4.69) is 0 Å². The second-order valence-corrected chi connectivity index (χ2v) is 4.39. The number of benzene rings is 1. The summed E-state index contributed by atoms with van der Waals surface area (Å²) in [7, 11) is 0. The highest BCUT2D eigenvalue weighted by Crippen LogP contribution is 2.20. The monoisotopic (exact) mass is 216 g/mol. The summed E-state index contributed by atoms with van der Waals surface area (Å²) < 4.78 is 0. The fraction of sp³-hybridized carbons (Fsp3) is 0.400. The lowest BCUT2D eigenvalue weighted by molar-refractivity contribution is 0.220. The van der Waals surface area contributed by atoms with Gasteiger partial charge in [-0.05, 0) is 18.6 Å². The first-order valence-electron chi connectivity index (χ1n) is 4.19. The van der Waals surface area contributed by atoms with Gasteiger partial charge in [0.1, 0.15) is 0 Å². The second kappa shape index (κ2) is 5.53. The second-order valence-electron chi connectivity index (χ2n) is 2.96. The lowest BCUT2D eigenvalue weighted by atomic mass is 10.2. The van der Waals surface area contributed by atoms with Crippen LogP contribution >= 0.6 is 23.4 Å². The van der Waals surface area contributed by atoms with Crippen LogP contribution in [-0.2, 0) is 5.75 Å². The zero-order chi connectivity index (χ0) is 9.68. The minimum atomic E-state index is -0.243. The predicted molar refractivity (Wildman–Crippen MR) is 59.3 cm³/mol. The van der Waals surface area contributed by atoms with E-state index in [0.717, 1.165) is 22.1 Å². The number of thioether (sulfide) groups is 1. The van der Waals surface area contributed by atoms with Gasteiger partial charge in [-0.1, -0.05) is 29.8 Å². The molecule has 0 saturated carbocycles. The van der Waals surface area contributed by atoms with E-state index < -0.39 is 0 Å². The number of aliphatic hydroxyl groups is 1. The Morgan fingerprint density at radius 3 is 2.77 bits per heavy atom. The molecule has 13 heavy (non-hydrogen) atoms. The molecule has 3 heteroatoms. The average Bonchev–Trinajstić information content (AvgIpc) is 2.08. The molecule has 1 N–H and O–H groups in total. The van der Waals surface area contributed by atoms with Crippen molar-refractivity contribution < 1.29 is 5.11 Å². The molecule has 0 spiro atoms. The van der Waals surface area contributed by atoms with E-state index >= 15 is 0 Å². The zero-order valence-electron chi connectivity index (χ0n) is 7.53. The van der Waals surface area contributed by atoms with Crippen molar-refractivity contribution in [3.8, 4) is 0 Å². The molecule has 72 valence electrons. The van der Waals surface area contributed by atoms with E-state index in [1.54, 1.807) is 18.7 Å². The molecule has 0 heterocycles. The Hall–Kier alpha value is -0.180. The highest BCUT2D eigenvalue weighted by Gasteiger charge is 2.00. The minimum Gasteiger partial charge on any atom is -0.393 e. The maximum absolute atomic E-state index is 9.05. The van der Waals surface area contributed by atoms with Crippen LogP contribution in [0.15, 0.2) is 24.3 Å². The van der Waals surface area contributed by atoms with Gasteiger partial charge in [-0.25, -0.2) is 0 Å². The van der Waals surface area contributed by atoms with Gasteiger partial charge in [-0.3, -0.25) is 0 Å². The van der Waals surface area contributed by atoms with Crippen LogP contribution < -0.4 is 0 Å². The molecule has 0 unspecified atom stereocenters. The highest BCUT2D eigenvalue weighted by molar-refractivity contribution is 7.98. The van der Waals surface area contributed by atoms with E-state index in [4.69, 9.17) is 16.7 Å². The van der Waals surface area contributed by atoms with Gasteiger partial charge in [0.05, 0.1) is 6.10 Å². The summed E-state index contributed by atoms with van der Waals surface area (Å²) in [5.74, 6) is 1.62. The molecule has 1 nitrogen and oxygen atoms in total. The Labute approximate surface area is 88.1 Å². The molecule has 0 aliphatic heterocycles. The highest BCUT2D eigenvalue weighted by atomic mass is 35.5. The van der Waals surface area contributed by atoms with Crippen LogP contribution in [0.4, 0.5) is 0 Å². The first-order chi connectivity index (χ1) is 6.20. The van der Waals surface area contributed by atoms with Crippen LogP contribution in [0.25, 0.3) is 0 Å². The molecular weight excluding hydrogens is 204 g/mol. The number of hydrogen-bond acceptors (Lipinski definition) is 2. The molecule has 0 radical (unpaired) electrons. The minimum absolute atomic E-state index is 0.243. The van der Waals surface area contributed by atoms with Crippen molar-refractivity contribution in [2.75, 3.05) is 5.75 Å². The van der Waals surface area contributed by atoms with Gasteiger partial charge in [0.15, 0.2) is 0 Å².